The van der Waals surface area contributed by atoms with Gasteiger partial charge in [-0.3, -0.25) is 0 Å². The first-order valence-electron chi connectivity index (χ1n) is 5.49. The van der Waals surface area contributed by atoms with Gasteiger partial charge in [-0.2, -0.15) is 0 Å². The molecule has 0 aliphatic heterocycles. The summed E-state index contributed by atoms with van der Waals surface area (Å²) in [5, 5.41) is 0. The summed E-state index contributed by atoms with van der Waals surface area (Å²) in [5.41, 5.74) is 0.834. The van der Waals surface area contributed by atoms with Gasteiger partial charge in [0.1, 0.15) is 23.1 Å². The van der Waals surface area contributed by atoms with Crippen LogP contribution in [0.3, 0.4) is 0 Å². The lowest BCUT2D eigenvalue weighted by atomic mass is 10.2. The van der Waals surface area contributed by atoms with Gasteiger partial charge in [0.05, 0.1) is 0 Å². The highest BCUT2D eigenvalue weighted by Gasteiger charge is 2.05. The van der Waals surface area contributed by atoms with Gasteiger partial charge in [0.2, 0.25) is 0 Å². The molecule has 1 aromatic carbocycles. The Balaban J connectivity index is 2.12. The largest absolute Gasteiger partial charge is 0.461 e. The maximum atomic E-state index is 12.7. The Kier molecular flexibility index (Phi) is 3.38. The molecule has 1 heterocycles. The standard InChI is InChI=1S/C14H13FO2/c1-10(16)2-7-13-8-9-14(17-13)11-3-5-12(15)6-4-11/h3-6,8-9H,2,7H2,1H3. The van der Waals surface area contributed by atoms with Gasteiger partial charge in [0.15, 0.2) is 0 Å². The van der Waals surface area contributed by atoms with Gasteiger partial charge < -0.3 is 9.21 Å². The SMILES string of the molecule is CC(=O)CCc1ccc(-c2ccc(F)cc2)o1. The van der Waals surface area contributed by atoms with Gasteiger partial charge in [-0.25, -0.2) is 4.39 Å². The molecule has 1 aromatic heterocycles. The minimum absolute atomic E-state index is 0.143. The molecule has 0 bridgehead atoms. The average molecular weight is 232 g/mol. The zero-order chi connectivity index (χ0) is 12.3. The van der Waals surface area contributed by atoms with Gasteiger partial charge in [-0.1, -0.05) is 0 Å². The number of Topliss-reactive ketones (excluding diaryl/α,β-unsaturated/α-hetero) is 1. The number of carbonyl (C=O) groups excluding carboxylic acids is 1. The van der Waals surface area contributed by atoms with Crippen molar-refractivity contribution in [2.24, 2.45) is 0 Å². The third kappa shape index (κ3) is 3.03. The molecule has 0 saturated heterocycles. The number of carbonyl (C=O) groups is 1. The molecule has 3 heteroatoms. The van der Waals surface area contributed by atoms with Crippen LogP contribution in [0.5, 0.6) is 0 Å². The summed E-state index contributed by atoms with van der Waals surface area (Å²) in [4.78, 5) is 10.8. The summed E-state index contributed by atoms with van der Waals surface area (Å²) in [6.45, 7) is 1.56. The van der Waals surface area contributed by atoms with Crippen LogP contribution in [-0.4, -0.2) is 5.78 Å². The fraction of sp³-hybridized carbons (Fsp3) is 0.214. The predicted molar refractivity (Wildman–Crippen MR) is 63.1 cm³/mol. The lowest BCUT2D eigenvalue weighted by Gasteiger charge is -1.97. The number of ketones is 1. The van der Waals surface area contributed by atoms with Crippen LogP contribution in [0.1, 0.15) is 19.1 Å². The number of aryl methyl sites for hydroxylation is 1. The fourth-order valence-electron chi connectivity index (χ4n) is 1.58. The molecule has 2 nitrogen and oxygen atoms in total. The van der Waals surface area contributed by atoms with Crippen LogP contribution >= 0.6 is 0 Å². The van der Waals surface area contributed by atoms with Gasteiger partial charge in [0, 0.05) is 18.4 Å². The lowest BCUT2D eigenvalue weighted by Crippen LogP contribution is -1.91. The number of furan rings is 1. The molecule has 0 aliphatic carbocycles. The average Bonchev–Trinajstić information content (AvgIpc) is 2.76. The molecule has 0 saturated carbocycles. The van der Waals surface area contributed by atoms with Crippen molar-refractivity contribution in [3.8, 4) is 11.3 Å². The van der Waals surface area contributed by atoms with E-state index in [1.807, 2.05) is 12.1 Å². The topological polar surface area (TPSA) is 30.2 Å². The van der Waals surface area contributed by atoms with E-state index in [0.29, 0.717) is 18.6 Å². The van der Waals surface area contributed by atoms with E-state index in [0.717, 1.165) is 11.3 Å². The number of halogens is 1. The fourth-order valence-corrected chi connectivity index (χ4v) is 1.58. The molecule has 0 amide bonds. The molecule has 88 valence electrons. The van der Waals surface area contributed by atoms with Crippen molar-refractivity contribution in [3.05, 3.63) is 48.0 Å². The third-order valence-corrected chi connectivity index (χ3v) is 2.51. The highest BCUT2D eigenvalue weighted by Crippen LogP contribution is 2.22. The van der Waals surface area contributed by atoms with E-state index in [1.54, 1.807) is 19.1 Å². The summed E-state index contributed by atoms with van der Waals surface area (Å²) < 4.78 is 18.3. The van der Waals surface area contributed by atoms with E-state index in [9.17, 15) is 9.18 Å². The second kappa shape index (κ2) is 4.95. The second-order valence-corrected chi connectivity index (χ2v) is 3.97. The molecule has 2 aromatic rings. The highest BCUT2D eigenvalue weighted by atomic mass is 19.1. The predicted octanol–water partition coefficient (Wildman–Crippen LogP) is 3.61. The maximum Gasteiger partial charge on any atom is 0.134 e. The molecule has 0 N–H and O–H groups in total. The van der Waals surface area contributed by atoms with Gasteiger partial charge in [-0.05, 0) is 43.3 Å². The quantitative estimate of drug-likeness (QED) is 0.806. The van der Waals surface area contributed by atoms with Gasteiger partial charge in [-0.15, -0.1) is 0 Å². The Bertz CT molecular complexity index is 511. The molecule has 17 heavy (non-hydrogen) atoms. The molecule has 0 aliphatic rings. The van der Waals surface area contributed by atoms with Crippen LogP contribution in [0.25, 0.3) is 11.3 Å². The number of hydrogen-bond acceptors (Lipinski definition) is 2. The highest BCUT2D eigenvalue weighted by molar-refractivity contribution is 5.75. The number of benzene rings is 1. The monoisotopic (exact) mass is 232 g/mol. The smallest absolute Gasteiger partial charge is 0.134 e. The summed E-state index contributed by atoms with van der Waals surface area (Å²) in [6.07, 6.45) is 1.09. The van der Waals surface area contributed by atoms with Crippen LogP contribution in [0.4, 0.5) is 4.39 Å². The molecule has 2 rings (SSSR count). The van der Waals surface area contributed by atoms with E-state index < -0.39 is 0 Å². The van der Waals surface area contributed by atoms with Crippen molar-refractivity contribution in [2.75, 3.05) is 0 Å². The van der Waals surface area contributed by atoms with Crippen LogP contribution < -0.4 is 0 Å². The first-order chi connectivity index (χ1) is 8.15. The van der Waals surface area contributed by atoms with E-state index in [2.05, 4.69) is 0 Å². The summed E-state index contributed by atoms with van der Waals surface area (Å²) in [7, 11) is 0. The number of hydrogen-bond donors (Lipinski definition) is 0. The zero-order valence-corrected chi connectivity index (χ0v) is 9.57. The van der Waals surface area contributed by atoms with E-state index in [1.165, 1.54) is 12.1 Å². The first-order valence-corrected chi connectivity index (χ1v) is 5.49. The zero-order valence-electron chi connectivity index (χ0n) is 9.57. The molecule has 0 fully saturated rings. The van der Waals surface area contributed by atoms with E-state index in [4.69, 9.17) is 4.42 Å². The van der Waals surface area contributed by atoms with Crippen molar-refractivity contribution in [2.45, 2.75) is 19.8 Å². The summed E-state index contributed by atoms with van der Waals surface area (Å²) in [5.74, 6) is 1.35. The second-order valence-electron chi connectivity index (χ2n) is 3.97. The van der Waals surface area contributed by atoms with Crippen molar-refractivity contribution in [1.29, 1.82) is 0 Å². The Morgan fingerprint density at radius 1 is 1.18 bits per heavy atom. The Hall–Kier alpha value is -1.90. The molecule has 0 radical (unpaired) electrons. The van der Waals surface area contributed by atoms with Crippen molar-refractivity contribution < 1.29 is 13.6 Å². The molecular formula is C14H13FO2. The van der Waals surface area contributed by atoms with E-state index in [-0.39, 0.29) is 11.6 Å². The molecule has 0 unspecified atom stereocenters. The Labute approximate surface area is 99.1 Å². The van der Waals surface area contributed by atoms with Crippen molar-refractivity contribution in [3.63, 3.8) is 0 Å². The first kappa shape index (κ1) is 11.6. The lowest BCUT2D eigenvalue weighted by molar-refractivity contribution is -0.117. The molecule has 0 atom stereocenters. The minimum Gasteiger partial charge on any atom is -0.461 e. The minimum atomic E-state index is -0.267. The van der Waals surface area contributed by atoms with Gasteiger partial charge >= 0.3 is 0 Å². The van der Waals surface area contributed by atoms with Crippen LogP contribution in [0.2, 0.25) is 0 Å². The van der Waals surface area contributed by atoms with E-state index >= 15 is 0 Å². The third-order valence-electron chi connectivity index (χ3n) is 2.51. The molecule has 0 spiro atoms. The molecular weight excluding hydrogens is 219 g/mol. The van der Waals surface area contributed by atoms with Crippen LogP contribution in [-0.2, 0) is 11.2 Å². The summed E-state index contributed by atoms with van der Waals surface area (Å²) in [6, 6.07) is 9.82. The van der Waals surface area contributed by atoms with Crippen molar-refractivity contribution in [1.82, 2.24) is 0 Å². The summed E-state index contributed by atoms with van der Waals surface area (Å²) >= 11 is 0. The normalized spacial score (nSPS) is 10.5. The van der Waals surface area contributed by atoms with Crippen LogP contribution in [0, 0.1) is 5.82 Å². The Morgan fingerprint density at radius 2 is 1.88 bits per heavy atom. The Morgan fingerprint density at radius 3 is 2.53 bits per heavy atom. The van der Waals surface area contributed by atoms with Crippen LogP contribution in [0.15, 0.2) is 40.8 Å². The maximum absolute atomic E-state index is 12.7. The van der Waals surface area contributed by atoms with Gasteiger partial charge in [0.25, 0.3) is 0 Å². The van der Waals surface area contributed by atoms with Crippen molar-refractivity contribution >= 4 is 5.78 Å². The number of rotatable bonds is 4.